The van der Waals surface area contributed by atoms with E-state index in [1.807, 2.05) is 0 Å². The molecule has 10 rings (SSSR count). The van der Waals surface area contributed by atoms with Gasteiger partial charge in [-0.15, -0.1) is 0 Å². The van der Waals surface area contributed by atoms with E-state index in [-0.39, 0.29) is 0 Å². The molecule has 1 nitrogen and oxygen atoms in total. The van der Waals surface area contributed by atoms with Gasteiger partial charge in [-0.1, -0.05) is 164 Å². The van der Waals surface area contributed by atoms with Gasteiger partial charge in [-0.25, -0.2) is 0 Å². The van der Waals surface area contributed by atoms with Gasteiger partial charge in [0.15, 0.2) is 0 Å². The fourth-order valence-electron chi connectivity index (χ4n) is 7.87. The van der Waals surface area contributed by atoms with Gasteiger partial charge in [0.2, 0.25) is 0 Å². The van der Waals surface area contributed by atoms with Crippen molar-refractivity contribution in [2.24, 2.45) is 0 Å². The fraction of sp³-hybridized carbons (Fsp3) is 0. The van der Waals surface area contributed by atoms with Gasteiger partial charge >= 0.3 is 0 Å². The number of rotatable bonds is 6. The first-order valence-corrected chi connectivity index (χ1v) is 18.2. The molecule has 0 atom stereocenters. The van der Waals surface area contributed by atoms with Gasteiger partial charge in [0, 0.05) is 17.1 Å². The second-order valence-electron chi connectivity index (χ2n) is 13.8. The largest absolute Gasteiger partial charge is 0.310 e. The molecule has 0 amide bonds. The molecule has 53 heavy (non-hydrogen) atoms. The van der Waals surface area contributed by atoms with Crippen molar-refractivity contribution in [1.29, 1.82) is 0 Å². The van der Waals surface area contributed by atoms with Crippen molar-refractivity contribution in [1.82, 2.24) is 0 Å². The van der Waals surface area contributed by atoms with Crippen LogP contribution < -0.4 is 4.90 Å². The van der Waals surface area contributed by atoms with Crippen LogP contribution in [0.1, 0.15) is 0 Å². The Morgan fingerprint density at radius 2 is 0.679 bits per heavy atom. The third-order valence-electron chi connectivity index (χ3n) is 10.6. The summed E-state index contributed by atoms with van der Waals surface area (Å²) in [6.07, 6.45) is 0. The number of fused-ring (bicyclic) bond motifs is 6. The molecule has 0 spiro atoms. The lowest BCUT2D eigenvalue weighted by atomic mass is 9.93. The van der Waals surface area contributed by atoms with E-state index in [9.17, 15) is 0 Å². The molecule has 0 heterocycles. The maximum Gasteiger partial charge on any atom is 0.0468 e. The molecule has 0 aliphatic carbocycles. The number of benzene rings is 10. The molecule has 0 aromatic heterocycles. The van der Waals surface area contributed by atoms with Crippen molar-refractivity contribution in [2.75, 3.05) is 4.90 Å². The van der Waals surface area contributed by atoms with E-state index in [1.165, 1.54) is 76.5 Å². The van der Waals surface area contributed by atoms with E-state index in [0.717, 1.165) is 17.1 Å². The first-order chi connectivity index (χ1) is 26.2. The zero-order chi connectivity index (χ0) is 35.1. The van der Waals surface area contributed by atoms with Crippen LogP contribution in [0, 0.1) is 0 Å². The van der Waals surface area contributed by atoms with E-state index in [2.05, 4.69) is 217 Å². The van der Waals surface area contributed by atoms with Crippen LogP contribution in [0.15, 0.2) is 212 Å². The van der Waals surface area contributed by atoms with Crippen LogP contribution in [0.2, 0.25) is 0 Å². The molecule has 0 bridgehead atoms. The van der Waals surface area contributed by atoms with Crippen LogP contribution in [0.25, 0.3) is 76.5 Å². The number of hydrogen-bond donors (Lipinski definition) is 0. The maximum atomic E-state index is 2.38. The average molecular weight is 674 g/mol. The van der Waals surface area contributed by atoms with Gasteiger partial charge < -0.3 is 4.90 Å². The number of para-hydroxylation sites is 1. The number of nitrogens with zero attached hydrogens (tertiary/aromatic N) is 1. The molecule has 0 saturated heterocycles. The average Bonchev–Trinajstić information content (AvgIpc) is 3.24. The smallest absolute Gasteiger partial charge is 0.0468 e. The van der Waals surface area contributed by atoms with E-state index >= 15 is 0 Å². The Kier molecular flexibility index (Phi) is 7.55. The second kappa shape index (κ2) is 13.0. The van der Waals surface area contributed by atoms with E-state index in [0.29, 0.717) is 0 Å². The fourth-order valence-corrected chi connectivity index (χ4v) is 7.87. The van der Waals surface area contributed by atoms with Crippen molar-refractivity contribution < 1.29 is 0 Å². The highest BCUT2D eigenvalue weighted by Gasteiger charge is 2.14. The Balaban J connectivity index is 1.03. The Labute approximate surface area is 309 Å². The van der Waals surface area contributed by atoms with Gasteiger partial charge in [0.25, 0.3) is 0 Å². The normalized spacial score (nSPS) is 11.4. The van der Waals surface area contributed by atoms with Crippen LogP contribution in [0.4, 0.5) is 17.1 Å². The van der Waals surface area contributed by atoms with Crippen LogP contribution in [-0.4, -0.2) is 0 Å². The Hall–Kier alpha value is -6.96. The number of hydrogen-bond acceptors (Lipinski definition) is 1. The van der Waals surface area contributed by atoms with Gasteiger partial charge in [0.05, 0.1) is 0 Å². The molecular formula is C52H35N. The van der Waals surface area contributed by atoms with Crippen molar-refractivity contribution in [3.05, 3.63) is 212 Å². The summed E-state index contributed by atoms with van der Waals surface area (Å²) >= 11 is 0. The molecule has 10 aromatic carbocycles. The summed E-state index contributed by atoms with van der Waals surface area (Å²) in [7, 11) is 0. The molecule has 0 aliphatic rings. The van der Waals surface area contributed by atoms with Crippen molar-refractivity contribution in [2.45, 2.75) is 0 Å². The lowest BCUT2D eigenvalue weighted by molar-refractivity contribution is 1.29. The first kappa shape index (κ1) is 30.8. The molecular weight excluding hydrogens is 639 g/mol. The quantitative estimate of drug-likeness (QED) is 0.159. The van der Waals surface area contributed by atoms with Crippen molar-refractivity contribution in [3.63, 3.8) is 0 Å². The monoisotopic (exact) mass is 673 g/mol. The lowest BCUT2D eigenvalue weighted by Crippen LogP contribution is -2.09. The minimum absolute atomic E-state index is 1.12. The predicted molar refractivity (Wildman–Crippen MR) is 227 cm³/mol. The lowest BCUT2D eigenvalue weighted by Gasteiger charge is -2.26. The topological polar surface area (TPSA) is 3.24 Å². The van der Waals surface area contributed by atoms with Crippen LogP contribution in [-0.2, 0) is 0 Å². The predicted octanol–water partition coefficient (Wildman–Crippen LogP) is 14.8. The van der Waals surface area contributed by atoms with Crippen molar-refractivity contribution in [3.8, 4) is 33.4 Å². The Morgan fingerprint density at radius 1 is 0.226 bits per heavy atom. The third kappa shape index (κ3) is 5.69. The standard InChI is InChI=1S/C52H35N/c1-3-9-36(10-4-1)37-15-17-38(18-16-37)39-27-30-48(31-28-39)53(47-12-5-2-6-13-47)49-32-29-40-19-25-44(33-46(40)34-49)45-26-22-42-21-24-43-23-20-41-11-7-8-14-50(41)52(43)51(42)35-45/h1-35H. The zero-order valence-electron chi connectivity index (χ0n) is 29.2. The minimum atomic E-state index is 1.12. The molecule has 1 heteroatoms. The molecule has 0 radical (unpaired) electrons. The molecule has 0 saturated carbocycles. The first-order valence-electron chi connectivity index (χ1n) is 18.2. The van der Waals surface area contributed by atoms with E-state index in [4.69, 9.17) is 0 Å². The third-order valence-corrected chi connectivity index (χ3v) is 10.6. The van der Waals surface area contributed by atoms with Crippen LogP contribution >= 0.6 is 0 Å². The Morgan fingerprint density at radius 3 is 1.40 bits per heavy atom. The number of anilines is 3. The SMILES string of the molecule is c1ccc(-c2ccc(-c3ccc(N(c4ccccc4)c4ccc5ccc(-c6ccc7ccc8ccc9ccccc9c8c7c6)cc5c4)cc3)cc2)cc1. The molecule has 0 aliphatic heterocycles. The highest BCUT2D eigenvalue weighted by Crippen LogP contribution is 2.39. The molecule has 0 N–H and O–H groups in total. The summed E-state index contributed by atoms with van der Waals surface area (Å²) in [5.74, 6) is 0. The summed E-state index contributed by atoms with van der Waals surface area (Å²) in [5.41, 5.74) is 10.6. The molecule has 0 unspecified atom stereocenters. The highest BCUT2D eigenvalue weighted by molar-refractivity contribution is 6.20. The Bertz CT molecular complexity index is 2900. The van der Waals surface area contributed by atoms with Gasteiger partial charge in [0.1, 0.15) is 0 Å². The molecule has 10 aromatic rings. The van der Waals surface area contributed by atoms with Crippen molar-refractivity contribution >= 4 is 60.2 Å². The minimum Gasteiger partial charge on any atom is -0.310 e. The summed E-state index contributed by atoms with van der Waals surface area (Å²) < 4.78 is 0. The summed E-state index contributed by atoms with van der Waals surface area (Å²) in [6.45, 7) is 0. The van der Waals surface area contributed by atoms with Crippen LogP contribution in [0.3, 0.4) is 0 Å². The highest BCUT2D eigenvalue weighted by atomic mass is 15.1. The van der Waals surface area contributed by atoms with Gasteiger partial charge in [-0.2, -0.15) is 0 Å². The second-order valence-corrected chi connectivity index (χ2v) is 13.8. The molecule has 0 fully saturated rings. The van der Waals surface area contributed by atoms with Crippen LogP contribution in [0.5, 0.6) is 0 Å². The zero-order valence-corrected chi connectivity index (χ0v) is 29.2. The summed E-state index contributed by atoms with van der Waals surface area (Å²) in [5, 5.41) is 10.1. The van der Waals surface area contributed by atoms with E-state index < -0.39 is 0 Å². The summed E-state index contributed by atoms with van der Waals surface area (Å²) in [6, 6.07) is 77.2. The summed E-state index contributed by atoms with van der Waals surface area (Å²) in [4.78, 5) is 2.35. The maximum absolute atomic E-state index is 2.38. The van der Waals surface area contributed by atoms with Gasteiger partial charge in [-0.05, 0) is 125 Å². The van der Waals surface area contributed by atoms with E-state index in [1.54, 1.807) is 0 Å². The molecule has 248 valence electrons. The van der Waals surface area contributed by atoms with Gasteiger partial charge in [-0.3, -0.25) is 0 Å².